The van der Waals surface area contributed by atoms with Gasteiger partial charge in [-0.15, -0.1) is 0 Å². The molecule has 6 heteroatoms. The first-order valence-corrected chi connectivity index (χ1v) is 9.31. The van der Waals surface area contributed by atoms with E-state index in [0.29, 0.717) is 18.3 Å². The van der Waals surface area contributed by atoms with Crippen molar-refractivity contribution in [3.05, 3.63) is 23.9 Å². The van der Waals surface area contributed by atoms with Gasteiger partial charge >= 0.3 is 6.03 Å². The molecule has 0 aromatic carbocycles. The first-order chi connectivity index (χ1) is 12.1. The Kier molecular flexibility index (Phi) is 5.78. The summed E-state index contributed by atoms with van der Waals surface area (Å²) in [6.07, 6.45) is 4.65. The van der Waals surface area contributed by atoms with Gasteiger partial charge in [0, 0.05) is 24.6 Å². The van der Waals surface area contributed by atoms with E-state index < -0.39 is 0 Å². The molecule has 25 heavy (non-hydrogen) atoms. The molecule has 3 rings (SSSR count). The number of aliphatic hydroxyl groups excluding tert-OH is 1. The van der Waals surface area contributed by atoms with Gasteiger partial charge in [-0.2, -0.15) is 0 Å². The number of aromatic nitrogens is 1. The lowest BCUT2D eigenvalue weighted by molar-refractivity contribution is 0.0153. The average molecular weight is 347 g/mol. The van der Waals surface area contributed by atoms with Gasteiger partial charge in [-0.3, -0.25) is 0 Å². The van der Waals surface area contributed by atoms with E-state index in [4.69, 9.17) is 4.74 Å². The molecule has 6 nitrogen and oxygen atoms in total. The van der Waals surface area contributed by atoms with Crippen LogP contribution in [0.15, 0.2) is 18.2 Å². The van der Waals surface area contributed by atoms with Gasteiger partial charge in [0.15, 0.2) is 0 Å². The zero-order chi connectivity index (χ0) is 17.8. The summed E-state index contributed by atoms with van der Waals surface area (Å²) in [4.78, 5) is 18.9. The standard InChI is InChI=1S/C19H29N3O3/c1-13-8-9-17(23)15(11-13)16-6-4-10-22(16)19(24)20-12-14-5-3-7-18(21-14)25-2/h3,5,7,13,15-17,23H,4,6,8-12H2,1-2H3,(H,20,24)/t13-,15+,16-,17-/m1/s1. The maximum atomic E-state index is 12.7. The van der Waals surface area contributed by atoms with Gasteiger partial charge in [0.1, 0.15) is 0 Å². The molecular formula is C19H29N3O3. The monoisotopic (exact) mass is 347 g/mol. The number of carbonyl (C=O) groups excluding carboxylic acids is 1. The number of nitrogens with zero attached hydrogens (tertiary/aromatic N) is 2. The summed E-state index contributed by atoms with van der Waals surface area (Å²) in [6, 6.07) is 5.62. The summed E-state index contributed by atoms with van der Waals surface area (Å²) < 4.78 is 5.12. The van der Waals surface area contributed by atoms with Crippen LogP contribution in [0, 0.1) is 11.8 Å². The molecule has 0 unspecified atom stereocenters. The highest BCUT2D eigenvalue weighted by Gasteiger charge is 2.40. The van der Waals surface area contributed by atoms with E-state index in [1.807, 2.05) is 17.0 Å². The summed E-state index contributed by atoms with van der Waals surface area (Å²) in [5.41, 5.74) is 0.773. The van der Waals surface area contributed by atoms with E-state index in [1.165, 1.54) is 0 Å². The number of hydrogen-bond donors (Lipinski definition) is 2. The molecule has 1 saturated carbocycles. The van der Waals surface area contributed by atoms with Crippen LogP contribution in [0.4, 0.5) is 4.79 Å². The quantitative estimate of drug-likeness (QED) is 0.878. The van der Waals surface area contributed by atoms with Crippen LogP contribution in [-0.4, -0.2) is 46.8 Å². The van der Waals surface area contributed by atoms with Gasteiger partial charge < -0.3 is 20.1 Å². The Morgan fingerprint density at radius 1 is 1.40 bits per heavy atom. The van der Waals surface area contributed by atoms with Gasteiger partial charge in [-0.1, -0.05) is 13.0 Å². The summed E-state index contributed by atoms with van der Waals surface area (Å²) in [5.74, 6) is 1.37. The number of pyridine rings is 1. The van der Waals surface area contributed by atoms with Crippen LogP contribution in [0.3, 0.4) is 0 Å². The largest absolute Gasteiger partial charge is 0.481 e. The van der Waals surface area contributed by atoms with Gasteiger partial charge in [0.2, 0.25) is 5.88 Å². The van der Waals surface area contributed by atoms with Crippen LogP contribution in [0.25, 0.3) is 0 Å². The third-order valence-electron chi connectivity index (χ3n) is 5.59. The average Bonchev–Trinajstić information content (AvgIpc) is 3.11. The number of hydrogen-bond acceptors (Lipinski definition) is 4. The third kappa shape index (κ3) is 4.24. The predicted molar refractivity (Wildman–Crippen MR) is 95.3 cm³/mol. The van der Waals surface area contributed by atoms with Crippen molar-refractivity contribution in [2.24, 2.45) is 11.8 Å². The molecule has 1 aromatic heterocycles. The molecular weight excluding hydrogens is 318 g/mol. The van der Waals surface area contributed by atoms with E-state index in [9.17, 15) is 9.90 Å². The zero-order valence-electron chi connectivity index (χ0n) is 15.1. The van der Waals surface area contributed by atoms with Crippen molar-refractivity contribution >= 4 is 6.03 Å². The topological polar surface area (TPSA) is 74.7 Å². The van der Waals surface area contributed by atoms with E-state index >= 15 is 0 Å². The second-order valence-corrected chi connectivity index (χ2v) is 7.38. The zero-order valence-corrected chi connectivity index (χ0v) is 15.1. The lowest BCUT2D eigenvalue weighted by Gasteiger charge is -2.39. The molecule has 0 spiro atoms. The molecule has 2 aliphatic rings. The smallest absolute Gasteiger partial charge is 0.317 e. The van der Waals surface area contributed by atoms with E-state index in [2.05, 4.69) is 17.2 Å². The molecule has 2 N–H and O–H groups in total. The summed E-state index contributed by atoms with van der Waals surface area (Å²) >= 11 is 0. The lowest BCUT2D eigenvalue weighted by atomic mass is 9.76. The SMILES string of the molecule is COc1cccc(CNC(=O)N2CCC[C@@H]2[C@@H]2C[C@H](C)CC[C@H]2O)n1. The second kappa shape index (κ2) is 8.04. The third-order valence-corrected chi connectivity index (χ3v) is 5.59. The summed E-state index contributed by atoms with van der Waals surface area (Å²) in [5, 5.41) is 13.4. The van der Waals surface area contributed by atoms with E-state index in [-0.39, 0.29) is 24.1 Å². The normalized spacial score (nSPS) is 29.5. The molecule has 4 atom stereocenters. The van der Waals surface area contributed by atoms with Gasteiger partial charge in [-0.05, 0) is 44.1 Å². The Labute approximate surface area is 149 Å². The Bertz CT molecular complexity index is 595. The summed E-state index contributed by atoms with van der Waals surface area (Å²) in [7, 11) is 1.58. The van der Waals surface area contributed by atoms with Crippen LogP contribution in [0.2, 0.25) is 0 Å². The molecule has 0 bridgehead atoms. The number of carbonyl (C=O) groups is 1. The molecule has 1 saturated heterocycles. The lowest BCUT2D eigenvalue weighted by Crippen LogP contribution is -2.49. The number of amides is 2. The highest BCUT2D eigenvalue weighted by Crippen LogP contribution is 2.37. The highest BCUT2D eigenvalue weighted by atomic mass is 16.5. The number of aliphatic hydroxyl groups is 1. The first-order valence-electron chi connectivity index (χ1n) is 9.31. The van der Waals surface area contributed by atoms with Crippen molar-refractivity contribution in [2.75, 3.05) is 13.7 Å². The number of urea groups is 1. The predicted octanol–water partition coefficient (Wildman–Crippen LogP) is 2.56. The van der Waals surface area contributed by atoms with Crippen LogP contribution in [-0.2, 0) is 6.54 Å². The Hall–Kier alpha value is -1.82. The number of methoxy groups -OCH3 is 1. The first kappa shape index (κ1) is 18.0. The number of rotatable bonds is 4. The highest BCUT2D eigenvalue weighted by molar-refractivity contribution is 5.74. The van der Waals surface area contributed by atoms with E-state index in [0.717, 1.165) is 44.3 Å². The van der Waals surface area contributed by atoms with Crippen LogP contribution < -0.4 is 10.1 Å². The van der Waals surface area contributed by atoms with Crippen LogP contribution in [0.1, 0.15) is 44.7 Å². The van der Waals surface area contributed by atoms with Crippen molar-refractivity contribution in [3.63, 3.8) is 0 Å². The molecule has 2 fully saturated rings. The minimum absolute atomic E-state index is 0.0578. The van der Waals surface area contributed by atoms with Gasteiger partial charge in [0.25, 0.3) is 0 Å². The number of likely N-dealkylation sites (tertiary alicyclic amines) is 1. The van der Waals surface area contributed by atoms with Crippen molar-refractivity contribution in [3.8, 4) is 5.88 Å². The van der Waals surface area contributed by atoms with E-state index in [1.54, 1.807) is 13.2 Å². The molecule has 2 amide bonds. The minimum Gasteiger partial charge on any atom is -0.481 e. The Morgan fingerprint density at radius 3 is 3.04 bits per heavy atom. The molecule has 1 aliphatic carbocycles. The second-order valence-electron chi connectivity index (χ2n) is 7.38. The minimum atomic E-state index is -0.283. The van der Waals surface area contributed by atoms with Crippen LogP contribution in [0.5, 0.6) is 5.88 Å². The fraction of sp³-hybridized carbons (Fsp3) is 0.684. The molecule has 138 valence electrons. The molecule has 1 aromatic rings. The van der Waals surface area contributed by atoms with Gasteiger partial charge in [-0.25, -0.2) is 9.78 Å². The molecule has 1 aliphatic heterocycles. The Morgan fingerprint density at radius 2 is 2.24 bits per heavy atom. The summed E-state index contributed by atoms with van der Waals surface area (Å²) in [6.45, 7) is 3.38. The fourth-order valence-corrected chi connectivity index (χ4v) is 4.25. The fourth-order valence-electron chi connectivity index (χ4n) is 4.25. The van der Waals surface area contributed by atoms with Crippen molar-refractivity contribution < 1.29 is 14.6 Å². The van der Waals surface area contributed by atoms with Crippen LogP contribution >= 0.6 is 0 Å². The molecule has 0 radical (unpaired) electrons. The van der Waals surface area contributed by atoms with Crippen molar-refractivity contribution in [1.82, 2.24) is 15.2 Å². The maximum Gasteiger partial charge on any atom is 0.317 e. The number of nitrogens with one attached hydrogen (secondary N) is 1. The Balaban J connectivity index is 1.60. The number of ether oxygens (including phenoxy) is 1. The van der Waals surface area contributed by atoms with Crippen molar-refractivity contribution in [2.45, 2.75) is 57.7 Å². The maximum absolute atomic E-state index is 12.7. The molecule has 2 heterocycles. The van der Waals surface area contributed by atoms with Gasteiger partial charge in [0.05, 0.1) is 25.5 Å². The van der Waals surface area contributed by atoms with Crippen molar-refractivity contribution in [1.29, 1.82) is 0 Å².